The SMILES string of the molecule is CC(CCCn1ccc(N)nc1=O)C(O)O. The van der Waals surface area contributed by atoms with Gasteiger partial charge in [-0.2, -0.15) is 4.98 Å². The zero-order valence-corrected chi connectivity index (χ0v) is 9.21. The standard InChI is InChI=1S/C10H17N3O3/c1-7(9(14)15)3-2-5-13-6-4-8(11)12-10(13)16/h4,6-7,9,14-15H,2-3,5H2,1H3,(H2,11,12,16). The number of aryl methyl sites for hydroxylation is 1. The van der Waals surface area contributed by atoms with Gasteiger partial charge in [0.15, 0.2) is 6.29 Å². The van der Waals surface area contributed by atoms with Crippen molar-refractivity contribution in [1.82, 2.24) is 9.55 Å². The molecule has 1 unspecified atom stereocenters. The fraction of sp³-hybridized carbons (Fsp3) is 0.600. The Hall–Kier alpha value is -1.40. The molecule has 6 heteroatoms. The van der Waals surface area contributed by atoms with Gasteiger partial charge < -0.3 is 15.9 Å². The second kappa shape index (κ2) is 5.62. The quantitative estimate of drug-likeness (QED) is 0.591. The molecule has 0 amide bonds. The third-order valence-corrected chi connectivity index (χ3v) is 2.46. The van der Waals surface area contributed by atoms with Crippen molar-refractivity contribution >= 4 is 5.82 Å². The summed E-state index contributed by atoms with van der Waals surface area (Å²) in [6, 6.07) is 1.56. The van der Waals surface area contributed by atoms with Crippen molar-refractivity contribution in [1.29, 1.82) is 0 Å². The van der Waals surface area contributed by atoms with E-state index in [1.165, 1.54) is 4.57 Å². The summed E-state index contributed by atoms with van der Waals surface area (Å²) < 4.78 is 1.45. The number of aromatic nitrogens is 2. The van der Waals surface area contributed by atoms with Crippen LogP contribution in [0.5, 0.6) is 0 Å². The highest BCUT2D eigenvalue weighted by atomic mass is 16.5. The van der Waals surface area contributed by atoms with Crippen LogP contribution in [0, 0.1) is 5.92 Å². The molecule has 1 aromatic rings. The summed E-state index contributed by atoms with van der Waals surface area (Å²) in [6.45, 7) is 2.25. The Balaban J connectivity index is 2.46. The van der Waals surface area contributed by atoms with E-state index in [-0.39, 0.29) is 17.4 Å². The van der Waals surface area contributed by atoms with Crippen LogP contribution < -0.4 is 11.4 Å². The summed E-state index contributed by atoms with van der Waals surface area (Å²) in [4.78, 5) is 14.9. The van der Waals surface area contributed by atoms with E-state index in [0.29, 0.717) is 19.4 Å². The first-order valence-electron chi connectivity index (χ1n) is 5.20. The second-order valence-corrected chi connectivity index (χ2v) is 3.86. The van der Waals surface area contributed by atoms with Crippen molar-refractivity contribution in [3.63, 3.8) is 0 Å². The van der Waals surface area contributed by atoms with Crippen LogP contribution in [0.3, 0.4) is 0 Å². The van der Waals surface area contributed by atoms with Crippen LogP contribution in [0.25, 0.3) is 0 Å². The molecular weight excluding hydrogens is 210 g/mol. The van der Waals surface area contributed by atoms with Crippen molar-refractivity contribution < 1.29 is 10.2 Å². The van der Waals surface area contributed by atoms with Crippen LogP contribution in [0.2, 0.25) is 0 Å². The minimum absolute atomic E-state index is 0.197. The number of hydrogen-bond acceptors (Lipinski definition) is 5. The molecule has 0 spiro atoms. The fourth-order valence-corrected chi connectivity index (χ4v) is 1.34. The summed E-state index contributed by atoms with van der Waals surface area (Å²) in [5, 5.41) is 17.7. The molecular formula is C10H17N3O3. The topological polar surface area (TPSA) is 101 Å². The Kier molecular flexibility index (Phi) is 4.45. The lowest BCUT2D eigenvalue weighted by Gasteiger charge is -2.13. The molecule has 1 rings (SSSR count). The van der Waals surface area contributed by atoms with Gasteiger partial charge >= 0.3 is 5.69 Å². The summed E-state index contributed by atoms with van der Waals surface area (Å²) in [7, 11) is 0. The summed E-state index contributed by atoms with van der Waals surface area (Å²) >= 11 is 0. The van der Waals surface area contributed by atoms with E-state index in [1.807, 2.05) is 0 Å². The van der Waals surface area contributed by atoms with Gasteiger partial charge in [0, 0.05) is 18.7 Å². The first-order chi connectivity index (χ1) is 7.50. The van der Waals surface area contributed by atoms with Crippen LogP contribution in [0.15, 0.2) is 17.1 Å². The van der Waals surface area contributed by atoms with Gasteiger partial charge in [-0.3, -0.25) is 4.57 Å². The third kappa shape index (κ3) is 3.63. The summed E-state index contributed by atoms with van der Waals surface area (Å²) in [6.07, 6.45) is 1.60. The predicted molar refractivity (Wildman–Crippen MR) is 59.5 cm³/mol. The van der Waals surface area contributed by atoms with Crippen molar-refractivity contribution in [3.8, 4) is 0 Å². The molecule has 0 aliphatic heterocycles. The van der Waals surface area contributed by atoms with Crippen molar-refractivity contribution in [2.75, 3.05) is 5.73 Å². The first kappa shape index (κ1) is 12.7. The minimum atomic E-state index is -1.30. The Morgan fingerprint density at radius 2 is 2.25 bits per heavy atom. The molecule has 0 radical (unpaired) electrons. The Morgan fingerprint density at radius 1 is 1.56 bits per heavy atom. The lowest BCUT2D eigenvalue weighted by atomic mass is 10.1. The van der Waals surface area contributed by atoms with E-state index in [1.54, 1.807) is 19.2 Å². The van der Waals surface area contributed by atoms with E-state index in [9.17, 15) is 4.79 Å². The molecule has 0 aromatic carbocycles. The summed E-state index contributed by atoms with van der Waals surface area (Å²) in [5.41, 5.74) is 4.98. The van der Waals surface area contributed by atoms with E-state index in [4.69, 9.17) is 15.9 Å². The maximum absolute atomic E-state index is 11.3. The van der Waals surface area contributed by atoms with Gasteiger partial charge in [0.1, 0.15) is 5.82 Å². The van der Waals surface area contributed by atoms with Gasteiger partial charge in [0.05, 0.1) is 0 Å². The molecule has 0 aliphatic carbocycles. The van der Waals surface area contributed by atoms with Crippen LogP contribution in [0.4, 0.5) is 5.82 Å². The Labute approximate surface area is 93.4 Å². The zero-order chi connectivity index (χ0) is 12.1. The number of hydrogen-bond donors (Lipinski definition) is 3. The molecule has 16 heavy (non-hydrogen) atoms. The number of rotatable bonds is 5. The number of nitrogens with zero attached hydrogens (tertiary/aromatic N) is 2. The highest BCUT2D eigenvalue weighted by Crippen LogP contribution is 2.09. The maximum atomic E-state index is 11.3. The lowest BCUT2D eigenvalue weighted by Crippen LogP contribution is -2.24. The average molecular weight is 227 g/mol. The molecule has 90 valence electrons. The highest BCUT2D eigenvalue weighted by molar-refractivity contribution is 5.23. The molecule has 1 aromatic heterocycles. The molecule has 0 saturated carbocycles. The predicted octanol–water partition coefficient (Wildman–Crippen LogP) is -0.447. The largest absolute Gasteiger partial charge is 0.383 e. The monoisotopic (exact) mass is 227 g/mol. The molecule has 4 N–H and O–H groups in total. The van der Waals surface area contributed by atoms with E-state index >= 15 is 0 Å². The van der Waals surface area contributed by atoms with Gasteiger partial charge in [0.2, 0.25) is 0 Å². The fourth-order valence-electron chi connectivity index (χ4n) is 1.34. The van der Waals surface area contributed by atoms with Gasteiger partial charge in [0.25, 0.3) is 0 Å². The highest BCUT2D eigenvalue weighted by Gasteiger charge is 2.09. The Bertz CT molecular complexity index is 389. The van der Waals surface area contributed by atoms with Crippen LogP contribution in [-0.4, -0.2) is 26.1 Å². The van der Waals surface area contributed by atoms with Crippen molar-refractivity contribution in [2.24, 2.45) is 5.92 Å². The smallest absolute Gasteiger partial charge is 0.349 e. The second-order valence-electron chi connectivity index (χ2n) is 3.86. The van der Waals surface area contributed by atoms with Gasteiger partial charge in [-0.05, 0) is 18.9 Å². The number of aliphatic hydroxyl groups is 2. The van der Waals surface area contributed by atoms with Crippen molar-refractivity contribution in [2.45, 2.75) is 32.6 Å². The van der Waals surface area contributed by atoms with Crippen LogP contribution >= 0.6 is 0 Å². The average Bonchev–Trinajstić information content (AvgIpc) is 2.20. The number of aliphatic hydroxyl groups excluding tert-OH is 1. The maximum Gasteiger partial charge on any atom is 0.349 e. The first-order valence-corrected chi connectivity index (χ1v) is 5.20. The van der Waals surface area contributed by atoms with Gasteiger partial charge in [-0.15, -0.1) is 0 Å². The molecule has 1 heterocycles. The molecule has 0 aliphatic rings. The normalized spacial score (nSPS) is 13.0. The number of nitrogens with two attached hydrogens (primary N) is 1. The molecule has 0 saturated heterocycles. The molecule has 0 fully saturated rings. The van der Waals surface area contributed by atoms with E-state index < -0.39 is 6.29 Å². The van der Waals surface area contributed by atoms with Crippen molar-refractivity contribution in [3.05, 3.63) is 22.7 Å². The number of anilines is 1. The molecule has 0 bridgehead atoms. The van der Waals surface area contributed by atoms with E-state index in [2.05, 4.69) is 4.98 Å². The summed E-state index contributed by atoms with van der Waals surface area (Å²) in [5.74, 6) is 0.0119. The zero-order valence-electron chi connectivity index (χ0n) is 9.21. The molecule has 1 atom stereocenters. The lowest BCUT2D eigenvalue weighted by molar-refractivity contribution is -0.0809. The van der Waals surface area contributed by atoms with Gasteiger partial charge in [-0.25, -0.2) is 4.79 Å². The Morgan fingerprint density at radius 3 is 2.81 bits per heavy atom. The molecule has 6 nitrogen and oxygen atoms in total. The minimum Gasteiger partial charge on any atom is -0.383 e. The van der Waals surface area contributed by atoms with Gasteiger partial charge in [-0.1, -0.05) is 6.92 Å². The third-order valence-electron chi connectivity index (χ3n) is 2.46. The van der Waals surface area contributed by atoms with Crippen LogP contribution in [-0.2, 0) is 6.54 Å². The number of nitrogen functional groups attached to an aromatic ring is 1. The van der Waals surface area contributed by atoms with Crippen LogP contribution in [0.1, 0.15) is 19.8 Å². The van der Waals surface area contributed by atoms with E-state index in [0.717, 1.165) is 0 Å².